The van der Waals surface area contributed by atoms with E-state index in [0.29, 0.717) is 6.04 Å². The minimum absolute atomic E-state index is 0.0684. The van der Waals surface area contributed by atoms with E-state index in [2.05, 4.69) is 28.5 Å². The number of aryl methyl sites for hydroxylation is 1. The SMILES string of the molecule is Cc1cccc2c1C(=O)N[C@H]1CCN[C@@H](C)CN21. The summed E-state index contributed by atoms with van der Waals surface area (Å²) in [7, 11) is 0. The number of hydrogen-bond acceptors (Lipinski definition) is 3. The zero-order valence-electron chi connectivity index (χ0n) is 10.9. The molecule has 1 aromatic carbocycles. The molecule has 0 spiro atoms. The van der Waals surface area contributed by atoms with E-state index in [-0.39, 0.29) is 12.1 Å². The molecule has 1 aromatic rings. The lowest BCUT2D eigenvalue weighted by Gasteiger charge is -2.38. The van der Waals surface area contributed by atoms with Gasteiger partial charge in [-0.05, 0) is 38.4 Å². The lowest BCUT2D eigenvalue weighted by Crippen LogP contribution is -2.54. The van der Waals surface area contributed by atoms with Crippen molar-refractivity contribution < 1.29 is 4.79 Å². The Labute approximate surface area is 107 Å². The van der Waals surface area contributed by atoms with Crippen molar-refractivity contribution in [2.45, 2.75) is 32.5 Å². The van der Waals surface area contributed by atoms with E-state index >= 15 is 0 Å². The molecule has 2 N–H and O–H groups in total. The molecule has 3 rings (SSSR count). The summed E-state index contributed by atoms with van der Waals surface area (Å²) in [6.45, 7) is 6.07. The third-order valence-electron chi connectivity index (χ3n) is 3.84. The van der Waals surface area contributed by atoms with Crippen LogP contribution in [0.5, 0.6) is 0 Å². The van der Waals surface area contributed by atoms with E-state index in [9.17, 15) is 4.79 Å². The highest BCUT2D eigenvalue weighted by Crippen LogP contribution is 2.30. The van der Waals surface area contributed by atoms with E-state index in [1.165, 1.54) is 0 Å². The molecule has 0 unspecified atom stereocenters. The largest absolute Gasteiger partial charge is 0.349 e. The Bertz CT molecular complexity index is 486. The summed E-state index contributed by atoms with van der Waals surface area (Å²) in [4.78, 5) is 14.5. The second-order valence-electron chi connectivity index (χ2n) is 5.25. The molecule has 18 heavy (non-hydrogen) atoms. The molecule has 4 heteroatoms. The fourth-order valence-corrected chi connectivity index (χ4v) is 2.94. The van der Waals surface area contributed by atoms with Gasteiger partial charge in [-0.25, -0.2) is 0 Å². The number of nitrogens with zero attached hydrogens (tertiary/aromatic N) is 1. The van der Waals surface area contributed by atoms with Gasteiger partial charge in [0.25, 0.3) is 5.91 Å². The normalized spacial score (nSPS) is 27.0. The summed E-state index contributed by atoms with van der Waals surface area (Å²) in [5.74, 6) is 0.0684. The Morgan fingerprint density at radius 1 is 1.39 bits per heavy atom. The Morgan fingerprint density at radius 2 is 2.22 bits per heavy atom. The van der Waals surface area contributed by atoms with Crippen molar-refractivity contribution in [2.24, 2.45) is 0 Å². The first-order valence-corrected chi connectivity index (χ1v) is 6.57. The lowest BCUT2D eigenvalue weighted by molar-refractivity contribution is 0.0925. The van der Waals surface area contributed by atoms with Crippen molar-refractivity contribution in [1.82, 2.24) is 10.6 Å². The third-order valence-corrected chi connectivity index (χ3v) is 3.84. The molecule has 1 saturated heterocycles. The number of fused-ring (bicyclic) bond motifs is 3. The quantitative estimate of drug-likeness (QED) is 0.723. The fraction of sp³-hybridized carbons (Fsp3) is 0.500. The summed E-state index contributed by atoms with van der Waals surface area (Å²) >= 11 is 0. The number of anilines is 1. The van der Waals surface area contributed by atoms with Crippen LogP contribution in [0.1, 0.15) is 29.3 Å². The van der Waals surface area contributed by atoms with Gasteiger partial charge in [0, 0.05) is 12.6 Å². The van der Waals surface area contributed by atoms with Crippen molar-refractivity contribution in [1.29, 1.82) is 0 Å². The zero-order valence-corrected chi connectivity index (χ0v) is 10.9. The second-order valence-corrected chi connectivity index (χ2v) is 5.25. The standard InChI is InChI=1S/C14H19N3O/c1-9-4-3-5-11-13(9)14(18)16-12-6-7-15-10(2)8-17(11)12/h3-5,10,12,15H,6-8H2,1-2H3,(H,16,18)/t10-,12+/m0/s1. The van der Waals surface area contributed by atoms with E-state index < -0.39 is 0 Å². The molecule has 1 fully saturated rings. The Morgan fingerprint density at radius 3 is 3.06 bits per heavy atom. The maximum absolute atomic E-state index is 12.2. The summed E-state index contributed by atoms with van der Waals surface area (Å²) in [6.07, 6.45) is 1.08. The van der Waals surface area contributed by atoms with Crippen LogP contribution in [0.2, 0.25) is 0 Å². The molecule has 2 heterocycles. The monoisotopic (exact) mass is 245 g/mol. The molecule has 0 radical (unpaired) electrons. The van der Waals surface area contributed by atoms with Crippen LogP contribution in [-0.2, 0) is 0 Å². The van der Waals surface area contributed by atoms with Gasteiger partial charge in [0.2, 0.25) is 0 Å². The molecule has 0 aromatic heterocycles. The van der Waals surface area contributed by atoms with E-state index in [1.807, 2.05) is 19.1 Å². The average molecular weight is 245 g/mol. The van der Waals surface area contributed by atoms with Crippen LogP contribution in [0, 0.1) is 6.92 Å². The molecule has 0 aliphatic carbocycles. The minimum Gasteiger partial charge on any atom is -0.349 e. The molecule has 96 valence electrons. The molecule has 4 nitrogen and oxygen atoms in total. The molecule has 2 atom stereocenters. The van der Waals surface area contributed by atoms with Crippen LogP contribution in [0.15, 0.2) is 18.2 Å². The Kier molecular flexibility index (Phi) is 2.74. The Balaban J connectivity index is 2.07. The van der Waals surface area contributed by atoms with Gasteiger partial charge in [0.15, 0.2) is 0 Å². The fourth-order valence-electron chi connectivity index (χ4n) is 2.94. The Hall–Kier alpha value is -1.55. The summed E-state index contributed by atoms with van der Waals surface area (Å²) in [5.41, 5.74) is 2.97. The van der Waals surface area contributed by atoms with Gasteiger partial charge in [-0.1, -0.05) is 12.1 Å². The van der Waals surface area contributed by atoms with Crippen LogP contribution in [0.3, 0.4) is 0 Å². The van der Waals surface area contributed by atoms with Crippen LogP contribution in [0.4, 0.5) is 5.69 Å². The number of carbonyl (C=O) groups excluding carboxylic acids is 1. The van der Waals surface area contributed by atoms with Crippen LogP contribution in [0.25, 0.3) is 0 Å². The van der Waals surface area contributed by atoms with Crippen molar-refractivity contribution in [3.05, 3.63) is 29.3 Å². The first-order valence-electron chi connectivity index (χ1n) is 6.57. The van der Waals surface area contributed by atoms with E-state index in [4.69, 9.17) is 0 Å². The number of nitrogens with one attached hydrogen (secondary N) is 2. The second kappa shape index (κ2) is 4.28. The molecule has 0 saturated carbocycles. The predicted octanol–water partition coefficient (Wildman–Crippen LogP) is 1.25. The highest BCUT2D eigenvalue weighted by molar-refractivity contribution is 6.03. The van der Waals surface area contributed by atoms with Crippen molar-refractivity contribution in [3.63, 3.8) is 0 Å². The topological polar surface area (TPSA) is 44.4 Å². The van der Waals surface area contributed by atoms with Crippen molar-refractivity contribution in [2.75, 3.05) is 18.0 Å². The molecule has 0 bridgehead atoms. The van der Waals surface area contributed by atoms with Gasteiger partial charge in [0.1, 0.15) is 6.17 Å². The van der Waals surface area contributed by atoms with Gasteiger partial charge in [0.05, 0.1) is 11.3 Å². The number of hydrogen-bond donors (Lipinski definition) is 2. The maximum Gasteiger partial charge on any atom is 0.255 e. The molecule has 2 aliphatic rings. The first-order chi connectivity index (χ1) is 8.66. The van der Waals surface area contributed by atoms with Gasteiger partial charge in [-0.15, -0.1) is 0 Å². The molecule has 1 amide bonds. The van der Waals surface area contributed by atoms with Crippen LogP contribution in [-0.4, -0.2) is 31.2 Å². The first kappa shape index (κ1) is 11.5. The zero-order chi connectivity index (χ0) is 12.7. The molecule has 2 aliphatic heterocycles. The third kappa shape index (κ3) is 1.77. The van der Waals surface area contributed by atoms with Crippen molar-refractivity contribution in [3.8, 4) is 0 Å². The predicted molar refractivity (Wildman–Crippen MR) is 71.9 cm³/mol. The van der Waals surface area contributed by atoms with E-state index in [1.54, 1.807) is 0 Å². The number of rotatable bonds is 0. The smallest absolute Gasteiger partial charge is 0.255 e. The van der Waals surface area contributed by atoms with Crippen LogP contribution < -0.4 is 15.5 Å². The number of carbonyl (C=O) groups is 1. The minimum atomic E-state index is 0.0684. The molecular weight excluding hydrogens is 226 g/mol. The van der Waals surface area contributed by atoms with Gasteiger partial charge in [-0.3, -0.25) is 4.79 Å². The van der Waals surface area contributed by atoms with Gasteiger partial charge >= 0.3 is 0 Å². The van der Waals surface area contributed by atoms with Gasteiger partial charge in [-0.2, -0.15) is 0 Å². The highest BCUT2D eigenvalue weighted by Gasteiger charge is 2.33. The highest BCUT2D eigenvalue weighted by atomic mass is 16.2. The average Bonchev–Trinajstić information content (AvgIpc) is 2.51. The summed E-state index contributed by atoms with van der Waals surface area (Å²) < 4.78 is 0. The van der Waals surface area contributed by atoms with E-state index in [0.717, 1.165) is 36.3 Å². The number of benzene rings is 1. The number of amides is 1. The lowest BCUT2D eigenvalue weighted by atomic mass is 10.0. The molecular formula is C14H19N3O. The summed E-state index contributed by atoms with van der Waals surface area (Å²) in [5, 5.41) is 6.59. The van der Waals surface area contributed by atoms with Crippen molar-refractivity contribution >= 4 is 11.6 Å². The van der Waals surface area contributed by atoms with Gasteiger partial charge < -0.3 is 15.5 Å². The van der Waals surface area contributed by atoms with Crippen LogP contribution >= 0.6 is 0 Å². The maximum atomic E-state index is 12.2. The summed E-state index contributed by atoms with van der Waals surface area (Å²) in [6, 6.07) is 6.54.